The molecule has 3 aliphatic heterocycles. The second-order valence-corrected chi connectivity index (χ2v) is 22.9. The number of carbonyl (C=O) groups is 1. The monoisotopic (exact) mass is 1160 g/mol. The summed E-state index contributed by atoms with van der Waals surface area (Å²) >= 11 is 0. The number of unbranched alkanes of at least 4 members (excludes halogenated alkanes) is 27. The SMILES string of the molecule is CCCCCCCCCCCCC/C=C/CC/C=C/CC/C=C/C(O)C(COC1OC(CO)C(OC2OC(CO)C(OC3OC(CO)C(O)C(O)C3O)C(O)C2O)C(O)C1O)NC(=O)CCCCCCCCCCCCCCCCC. The molecule has 3 heterocycles. The third kappa shape index (κ3) is 28.8. The molecule has 17 unspecified atom stereocenters. The van der Waals surface area contributed by atoms with E-state index in [0.29, 0.717) is 12.8 Å². The maximum absolute atomic E-state index is 13.3. The van der Waals surface area contributed by atoms with Crippen molar-refractivity contribution >= 4 is 5.91 Å². The molecule has 0 saturated carbocycles. The Hall–Kier alpha value is -1.99. The van der Waals surface area contributed by atoms with Crippen molar-refractivity contribution in [1.29, 1.82) is 0 Å². The highest BCUT2D eigenvalue weighted by Gasteiger charge is 2.53. The van der Waals surface area contributed by atoms with Crippen molar-refractivity contribution in [2.45, 2.75) is 324 Å². The number of aliphatic hydroxyl groups is 11. The van der Waals surface area contributed by atoms with Gasteiger partial charge in [0.1, 0.15) is 73.2 Å². The Morgan fingerprint density at radius 2 is 0.790 bits per heavy atom. The van der Waals surface area contributed by atoms with Gasteiger partial charge in [0.2, 0.25) is 5.91 Å². The molecule has 81 heavy (non-hydrogen) atoms. The quantitative estimate of drug-likeness (QED) is 0.0229. The first kappa shape index (κ1) is 73.3. The first-order valence-corrected chi connectivity index (χ1v) is 31.7. The third-order valence-corrected chi connectivity index (χ3v) is 15.9. The van der Waals surface area contributed by atoms with E-state index in [1.54, 1.807) is 6.08 Å². The van der Waals surface area contributed by atoms with Gasteiger partial charge in [0.15, 0.2) is 18.9 Å². The fourth-order valence-corrected chi connectivity index (χ4v) is 10.7. The van der Waals surface area contributed by atoms with Crippen LogP contribution in [0.1, 0.15) is 219 Å². The van der Waals surface area contributed by atoms with Crippen molar-refractivity contribution in [2.75, 3.05) is 26.4 Å². The van der Waals surface area contributed by atoms with E-state index in [1.165, 1.54) is 141 Å². The number of rotatable bonds is 47. The lowest BCUT2D eigenvalue weighted by atomic mass is 9.96. The number of amides is 1. The van der Waals surface area contributed by atoms with Crippen LogP contribution in [0.3, 0.4) is 0 Å². The van der Waals surface area contributed by atoms with Crippen LogP contribution in [0, 0.1) is 0 Å². The molecular formula is C62H113NO18. The Kier molecular flexibility index (Phi) is 41.0. The van der Waals surface area contributed by atoms with Gasteiger partial charge in [-0.3, -0.25) is 4.79 Å². The van der Waals surface area contributed by atoms with Crippen LogP contribution in [0.15, 0.2) is 36.5 Å². The summed E-state index contributed by atoms with van der Waals surface area (Å²) < 4.78 is 34.2. The van der Waals surface area contributed by atoms with Gasteiger partial charge in [0, 0.05) is 6.42 Å². The zero-order valence-corrected chi connectivity index (χ0v) is 49.5. The number of ether oxygens (including phenoxy) is 6. The highest BCUT2D eigenvalue weighted by Crippen LogP contribution is 2.33. The van der Waals surface area contributed by atoms with E-state index in [2.05, 4.69) is 43.5 Å². The number of hydrogen-bond acceptors (Lipinski definition) is 18. The minimum absolute atomic E-state index is 0.235. The molecule has 0 radical (unpaired) electrons. The fraction of sp³-hybridized carbons (Fsp3) is 0.887. The molecule has 3 aliphatic rings. The Bertz CT molecular complexity index is 1620. The molecule has 19 heteroatoms. The Balaban J connectivity index is 1.50. The molecule has 0 aromatic heterocycles. The van der Waals surface area contributed by atoms with Gasteiger partial charge in [0.25, 0.3) is 0 Å². The maximum atomic E-state index is 13.3. The molecule has 1 amide bonds. The predicted molar refractivity (Wildman–Crippen MR) is 309 cm³/mol. The highest BCUT2D eigenvalue weighted by atomic mass is 16.8. The molecule has 0 aromatic carbocycles. The van der Waals surface area contributed by atoms with Gasteiger partial charge < -0.3 is 89.9 Å². The average Bonchev–Trinajstić information content (AvgIpc) is 3.51. The number of allylic oxidation sites excluding steroid dienone is 5. The molecule has 12 N–H and O–H groups in total. The predicted octanol–water partition coefficient (Wildman–Crippen LogP) is 6.49. The third-order valence-electron chi connectivity index (χ3n) is 15.9. The summed E-state index contributed by atoms with van der Waals surface area (Å²) in [7, 11) is 0. The Labute approximate surface area is 485 Å². The summed E-state index contributed by atoms with van der Waals surface area (Å²) in [6.07, 6.45) is 22.7. The smallest absolute Gasteiger partial charge is 0.220 e. The Morgan fingerprint density at radius 1 is 0.432 bits per heavy atom. The zero-order chi connectivity index (χ0) is 59.0. The van der Waals surface area contributed by atoms with Crippen molar-refractivity contribution in [2.24, 2.45) is 0 Å². The molecular weight excluding hydrogens is 1050 g/mol. The maximum Gasteiger partial charge on any atom is 0.220 e. The highest BCUT2D eigenvalue weighted by molar-refractivity contribution is 5.76. The molecule has 3 saturated heterocycles. The summed E-state index contributed by atoms with van der Waals surface area (Å²) in [5.41, 5.74) is 0. The second kappa shape index (κ2) is 45.3. The van der Waals surface area contributed by atoms with E-state index in [1.807, 2.05) is 6.08 Å². The van der Waals surface area contributed by atoms with Crippen LogP contribution < -0.4 is 5.32 Å². The molecule has 3 fully saturated rings. The van der Waals surface area contributed by atoms with Crippen molar-refractivity contribution in [3.63, 3.8) is 0 Å². The van der Waals surface area contributed by atoms with E-state index in [-0.39, 0.29) is 18.9 Å². The minimum Gasteiger partial charge on any atom is -0.394 e. The normalized spacial score (nSPS) is 30.0. The molecule has 0 spiro atoms. The average molecular weight is 1160 g/mol. The van der Waals surface area contributed by atoms with Gasteiger partial charge in [-0.05, 0) is 44.9 Å². The molecule has 17 atom stereocenters. The number of carbonyl (C=O) groups excluding carboxylic acids is 1. The van der Waals surface area contributed by atoms with Crippen LogP contribution in [-0.2, 0) is 33.2 Å². The molecule has 0 bridgehead atoms. The van der Waals surface area contributed by atoms with Gasteiger partial charge in [-0.2, -0.15) is 0 Å². The van der Waals surface area contributed by atoms with Crippen molar-refractivity contribution in [3.8, 4) is 0 Å². The molecule has 3 rings (SSSR count). The molecule has 474 valence electrons. The number of nitrogens with one attached hydrogen (secondary N) is 1. The van der Waals surface area contributed by atoms with Crippen LogP contribution in [-0.4, -0.2) is 193 Å². The second-order valence-electron chi connectivity index (χ2n) is 22.9. The molecule has 0 aliphatic carbocycles. The van der Waals surface area contributed by atoms with Gasteiger partial charge in [-0.15, -0.1) is 0 Å². The number of hydrogen-bond donors (Lipinski definition) is 12. The van der Waals surface area contributed by atoms with Crippen molar-refractivity contribution < 1.29 is 89.4 Å². The minimum atomic E-state index is -1.98. The van der Waals surface area contributed by atoms with Gasteiger partial charge in [-0.1, -0.05) is 204 Å². The standard InChI is InChI=1S/C62H113NO18/c1-3-5-7-9-11-13-15-17-19-20-21-22-23-24-26-27-29-31-33-35-37-39-46(67)45(63-50(68)40-38-36-34-32-30-28-25-18-16-14-12-10-8-6-4-2)44-76-60-56(74)53(71)58(48(42-65)78-60)81-62-57(75)54(72)59(49(43-66)79-62)80-61-55(73)52(70)51(69)47(41-64)77-61/h23-24,29,31,37,39,45-49,51-62,64-67,69-75H,3-22,25-28,30,32-36,38,40-44H2,1-2H3,(H,63,68)/b24-23+,31-29+,39-37+. The lowest BCUT2D eigenvalue weighted by Gasteiger charge is -2.48. The first-order chi connectivity index (χ1) is 39.3. The van der Waals surface area contributed by atoms with Crippen LogP contribution in [0.2, 0.25) is 0 Å². The largest absolute Gasteiger partial charge is 0.394 e. The lowest BCUT2D eigenvalue weighted by molar-refractivity contribution is -0.379. The van der Waals surface area contributed by atoms with Gasteiger partial charge in [0.05, 0.1) is 38.6 Å². The summed E-state index contributed by atoms with van der Waals surface area (Å²) in [6, 6.07) is -0.993. The fourth-order valence-electron chi connectivity index (χ4n) is 10.7. The summed E-state index contributed by atoms with van der Waals surface area (Å²) in [4.78, 5) is 13.3. The summed E-state index contributed by atoms with van der Waals surface area (Å²) in [5.74, 6) is -0.288. The van der Waals surface area contributed by atoms with E-state index < -0.39 is 124 Å². The van der Waals surface area contributed by atoms with E-state index in [9.17, 15) is 61.0 Å². The van der Waals surface area contributed by atoms with Crippen molar-refractivity contribution in [3.05, 3.63) is 36.5 Å². The van der Waals surface area contributed by atoms with Gasteiger partial charge in [-0.25, -0.2) is 0 Å². The van der Waals surface area contributed by atoms with Crippen LogP contribution in [0.5, 0.6) is 0 Å². The first-order valence-electron chi connectivity index (χ1n) is 31.7. The molecule has 19 nitrogen and oxygen atoms in total. The Morgan fingerprint density at radius 3 is 1.23 bits per heavy atom. The van der Waals surface area contributed by atoms with E-state index in [0.717, 1.165) is 44.9 Å². The van der Waals surface area contributed by atoms with E-state index >= 15 is 0 Å². The van der Waals surface area contributed by atoms with Crippen molar-refractivity contribution in [1.82, 2.24) is 5.32 Å². The topological polar surface area (TPSA) is 307 Å². The van der Waals surface area contributed by atoms with Gasteiger partial charge >= 0.3 is 0 Å². The number of aliphatic hydroxyl groups excluding tert-OH is 11. The van der Waals surface area contributed by atoms with E-state index in [4.69, 9.17) is 28.4 Å². The zero-order valence-electron chi connectivity index (χ0n) is 49.5. The summed E-state index contributed by atoms with van der Waals surface area (Å²) in [5, 5.41) is 120. The van der Waals surface area contributed by atoms with Crippen LogP contribution in [0.25, 0.3) is 0 Å². The molecule has 0 aromatic rings. The van der Waals surface area contributed by atoms with Crippen LogP contribution in [0.4, 0.5) is 0 Å². The summed E-state index contributed by atoms with van der Waals surface area (Å²) in [6.45, 7) is 1.70. The van der Waals surface area contributed by atoms with Crippen LogP contribution >= 0.6 is 0 Å². The lowest BCUT2D eigenvalue weighted by Crippen LogP contribution is -2.66.